The van der Waals surface area contributed by atoms with Gasteiger partial charge in [-0.1, -0.05) is 0 Å². The smallest absolute Gasteiger partial charge is 0.406 e. The van der Waals surface area contributed by atoms with Gasteiger partial charge in [0, 0.05) is 11.9 Å². The van der Waals surface area contributed by atoms with Crippen molar-refractivity contribution < 1.29 is 23.0 Å². The van der Waals surface area contributed by atoms with Crippen molar-refractivity contribution in [2.75, 3.05) is 0 Å². The molecule has 0 radical (unpaired) electrons. The standard InChI is InChI=1S/C13H13F3N2O2S/c1-2-18-10(7-19)8-21-12(18)17-9-3-5-11(6-4-9)20-13(14,15)16/h3-6,8,19H,2,7H2,1H3. The molecule has 0 aliphatic rings. The predicted octanol–water partition coefficient (Wildman–Crippen LogP) is 3.19. The number of rotatable bonds is 4. The highest BCUT2D eigenvalue weighted by molar-refractivity contribution is 7.07. The maximum Gasteiger partial charge on any atom is 0.573 e. The van der Waals surface area contributed by atoms with Crippen LogP contribution in [-0.2, 0) is 13.2 Å². The van der Waals surface area contributed by atoms with E-state index in [1.807, 2.05) is 11.5 Å². The number of thiazole rings is 1. The maximum atomic E-state index is 12.1. The minimum Gasteiger partial charge on any atom is -0.406 e. The van der Waals surface area contributed by atoms with Crippen LogP contribution in [0.5, 0.6) is 5.75 Å². The molecular formula is C13H13F3N2O2S. The molecule has 0 spiro atoms. The van der Waals surface area contributed by atoms with Crippen molar-refractivity contribution in [3.05, 3.63) is 40.1 Å². The van der Waals surface area contributed by atoms with Crippen molar-refractivity contribution in [1.29, 1.82) is 0 Å². The number of aromatic nitrogens is 1. The first kappa shape index (κ1) is 15.6. The van der Waals surface area contributed by atoms with Crippen LogP contribution in [0, 0.1) is 0 Å². The average Bonchev–Trinajstić information content (AvgIpc) is 2.81. The van der Waals surface area contributed by atoms with Gasteiger partial charge in [0.15, 0.2) is 4.80 Å². The maximum absolute atomic E-state index is 12.1. The van der Waals surface area contributed by atoms with Gasteiger partial charge in [0.25, 0.3) is 0 Å². The second-order valence-corrected chi connectivity index (χ2v) is 4.90. The molecule has 8 heteroatoms. The second-order valence-electron chi connectivity index (χ2n) is 4.07. The first-order valence-electron chi connectivity index (χ1n) is 6.11. The van der Waals surface area contributed by atoms with E-state index in [0.717, 1.165) is 5.69 Å². The normalized spacial score (nSPS) is 12.7. The molecule has 0 bridgehead atoms. The van der Waals surface area contributed by atoms with Gasteiger partial charge in [0.1, 0.15) is 5.75 Å². The fraction of sp³-hybridized carbons (Fsp3) is 0.308. The number of nitrogens with zero attached hydrogens (tertiary/aromatic N) is 2. The van der Waals surface area contributed by atoms with Gasteiger partial charge < -0.3 is 14.4 Å². The zero-order valence-electron chi connectivity index (χ0n) is 11.1. The molecule has 21 heavy (non-hydrogen) atoms. The van der Waals surface area contributed by atoms with Gasteiger partial charge in [-0.15, -0.1) is 24.5 Å². The van der Waals surface area contributed by atoms with Gasteiger partial charge in [0.05, 0.1) is 18.0 Å². The average molecular weight is 318 g/mol. The quantitative estimate of drug-likeness (QED) is 0.941. The van der Waals surface area contributed by atoms with Crippen molar-refractivity contribution in [2.45, 2.75) is 26.4 Å². The van der Waals surface area contributed by atoms with E-state index in [1.54, 1.807) is 5.38 Å². The van der Waals surface area contributed by atoms with Crippen molar-refractivity contribution in [2.24, 2.45) is 4.99 Å². The summed E-state index contributed by atoms with van der Waals surface area (Å²) in [4.78, 5) is 5.02. The SMILES string of the molecule is CCn1c(CO)csc1=Nc1ccc(OC(F)(F)F)cc1. The van der Waals surface area contributed by atoms with Crippen molar-refractivity contribution in [1.82, 2.24) is 4.57 Å². The largest absolute Gasteiger partial charge is 0.573 e. The summed E-state index contributed by atoms with van der Waals surface area (Å²) >= 11 is 1.36. The number of hydrogen-bond donors (Lipinski definition) is 1. The summed E-state index contributed by atoms with van der Waals surface area (Å²) in [6, 6.07) is 5.31. The molecular weight excluding hydrogens is 305 g/mol. The summed E-state index contributed by atoms with van der Waals surface area (Å²) in [5, 5.41) is 11.0. The Balaban J connectivity index is 2.27. The lowest BCUT2D eigenvalue weighted by molar-refractivity contribution is -0.274. The number of alkyl halides is 3. The fourth-order valence-corrected chi connectivity index (χ4v) is 2.73. The van der Waals surface area contributed by atoms with Crippen molar-refractivity contribution in [3.63, 3.8) is 0 Å². The number of ether oxygens (including phenoxy) is 1. The molecule has 114 valence electrons. The molecule has 0 saturated heterocycles. The predicted molar refractivity (Wildman–Crippen MR) is 72.3 cm³/mol. The molecule has 0 atom stereocenters. The summed E-state index contributed by atoms with van der Waals surface area (Å²) in [5.74, 6) is -0.285. The Morgan fingerprint density at radius 2 is 1.95 bits per heavy atom. The molecule has 0 amide bonds. The van der Waals surface area contributed by atoms with E-state index >= 15 is 0 Å². The Bertz CT molecular complexity index is 659. The lowest BCUT2D eigenvalue weighted by Crippen LogP contribution is -2.17. The van der Waals surface area contributed by atoms with Crippen LogP contribution < -0.4 is 9.54 Å². The third-order valence-corrected chi connectivity index (χ3v) is 3.56. The van der Waals surface area contributed by atoms with Gasteiger partial charge >= 0.3 is 6.36 Å². The minimum atomic E-state index is -4.70. The summed E-state index contributed by atoms with van der Waals surface area (Å²) in [7, 11) is 0. The van der Waals surface area contributed by atoms with E-state index < -0.39 is 6.36 Å². The first-order chi connectivity index (χ1) is 9.93. The van der Waals surface area contributed by atoms with E-state index in [0.29, 0.717) is 17.0 Å². The molecule has 0 saturated carbocycles. The molecule has 1 heterocycles. The highest BCUT2D eigenvalue weighted by Crippen LogP contribution is 2.24. The highest BCUT2D eigenvalue weighted by atomic mass is 32.1. The van der Waals surface area contributed by atoms with E-state index in [1.165, 1.54) is 35.6 Å². The minimum absolute atomic E-state index is 0.0851. The van der Waals surface area contributed by atoms with Crippen LogP contribution in [-0.4, -0.2) is 16.0 Å². The monoisotopic (exact) mass is 318 g/mol. The van der Waals surface area contributed by atoms with Gasteiger partial charge in [-0.25, -0.2) is 4.99 Å². The number of aliphatic hydroxyl groups excluding tert-OH is 1. The lowest BCUT2D eigenvalue weighted by Gasteiger charge is -2.08. The van der Waals surface area contributed by atoms with E-state index in [9.17, 15) is 18.3 Å². The van der Waals surface area contributed by atoms with Gasteiger partial charge in [-0.05, 0) is 31.2 Å². The molecule has 0 fully saturated rings. The van der Waals surface area contributed by atoms with E-state index in [-0.39, 0.29) is 12.4 Å². The Morgan fingerprint density at radius 1 is 1.29 bits per heavy atom. The second kappa shape index (κ2) is 6.31. The molecule has 2 aromatic rings. The first-order valence-corrected chi connectivity index (χ1v) is 6.99. The summed E-state index contributed by atoms with van der Waals surface area (Å²) < 4.78 is 41.8. The fourth-order valence-electron chi connectivity index (χ4n) is 1.75. The van der Waals surface area contributed by atoms with Gasteiger partial charge in [-0.3, -0.25) is 0 Å². The van der Waals surface area contributed by atoms with Crippen LogP contribution >= 0.6 is 11.3 Å². The van der Waals surface area contributed by atoms with Crippen LogP contribution in [0.2, 0.25) is 0 Å². The zero-order valence-corrected chi connectivity index (χ0v) is 11.9. The van der Waals surface area contributed by atoms with Crippen LogP contribution in [0.3, 0.4) is 0 Å². The topological polar surface area (TPSA) is 46.8 Å². The molecule has 2 rings (SSSR count). The number of hydrogen-bond acceptors (Lipinski definition) is 4. The van der Waals surface area contributed by atoms with Gasteiger partial charge in [-0.2, -0.15) is 0 Å². The molecule has 0 unspecified atom stereocenters. The van der Waals surface area contributed by atoms with E-state index in [2.05, 4.69) is 9.73 Å². The number of aliphatic hydroxyl groups is 1. The summed E-state index contributed by atoms with van der Waals surface area (Å²) in [6.45, 7) is 2.48. The lowest BCUT2D eigenvalue weighted by atomic mass is 10.3. The summed E-state index contributed by atoms with van der Waals surface area (Å²) in [5.41, 5.74) is 1.26. The van der Waals surface area contributed by atoms with Crippen molar-refractivity contribution >= 4 is 17.0 Å². The van der Waals surface area contributed by atoms with Crippen molar-refractivity contribution in [3.8, 4) is 5.75 Å². The van der Waals surface area contributed by atoms with Crippen LogP contribution in [0.4, 0.5) is 18.9 Å². The molecule has 0 aliphatic carbocycles. The van der Waals surface area contributed by atoms with Crippen LogP contribution in [0.15, 0.2) is 34.6 Å². The van der Waals surface area contributed by atoms with Crippen LogP contribution in [0.25, 0.3) is 0 Å². The molecule has 1 aromatic heterocycles. The number of benzene rings is 1. The number of halogens is 3. The molecule has 4 nitrogen and oxygen atoms in total. The third kappa shape index (κ3) is 4.08. The zero-order chi connectivity index (χ0) is 15.5. The van der Waals surface area contributed by atoms with E-state index in [4.69, 9.17) is 0 Å². The van der Waals surface area contributed by atoms with Crippen LogP contribution in [0.1, 0.15) is 12.6 Å². The van der Waals surface area contributed by atoms with Gasteiger partial charge in [0.2, 0.25) is 0 Å². The Kier molecular flexibility index (Phi) is 4.69. The Morgan fingerprint density at radius 3 is 2.48 bits per heavy atom. The Hall–Kier alpha value is -1.80. The highest BCUT2D eigenvalue weighted by Gasteiger charge is 2.30. The molecule has 1 N–H and O–H groups in total. The molecule has 0 aliphatic heterocycles. The third-order valence-electron chi connectivity index (χ3n) is 2.65. The summed E-state index contributed by atoms with van der Waals surface area (Å²) in [6.07, 6.45) is -4.70. The molecule has 1 aromatic carbocycles. The Labute approximate surface area is 122 Å².